The zero-order chi connectivity index (χ0) is 50.7. The molecule has 0 fully saturated rings. The number of carbonyl (C=O) groups excluding carboxylic acids is 4. The molecule has 69 heavy (non-hydrogen) atoms. The van der Waals surface area contributed by atoms with Crippen LogP contribution in [0.15, 0.2) is 109 Å². The molecule has 20 heteroatoms. The van der Waals surface area contributed by atoms with Gasteiger partial charge in [-0.2, -0.15) is 9.97 Å². The molecule has 17 nitrogen and oxygen atoms in total. The lowest BCUT2D eigenvalue weighted by Crippen LogP contribution is -2.32. The number of esters is 1. The van der Waals surface area contributed by atoms with Crippen LogP contribution in [-0.4, -0.2) is 69.1 Å². The molecule has 0 saturated carbocycles. The molecule has 8 N–H and O–H groups in total. The third-order valence-electron chi connectivity index (χ3n) is 8.77. The molecular formula is C49H56Cl3N11O6. The maximum Gasteiger partial charge on any atom is 0.407 e. The van der Waals surface area contributed by atoms with E-state index in [4.69, 9.17) is 50.0 Å². The number of ether oxygens (including phenoxy) is 2. The molecule has 0 radical (unpaired) electrons. The molecule has 364 valence electrons. The summed E-state index contributed by atoms with van der Waals surface area (Å²) in [6.45, 7) is 11.4. The Labute approximate surface area is 416 Å². The van der Waals surface area contributed by atoms with Crippen LogP contribution >= 0.6 is 34.8 Å². The number of anilines is 7. The first-order valence-electron chi connectivity index (χ1n) is 21.4. The second-order valence-corrected chi connectivity index (χ2v) is 17.9. The number of carbonyl (C=O) groups is 4. The van der Waals surface area contributed by atoms with E-state index in [1.807, 2.05) is 90.1 Å². The average Bonchev–Trinajstić information content (AvgIpc) is 3.29. The number of aryl methyl sites for hydroxylation is 1. The van der Waals surface area contributed by atoms with Crippen LogP contribution in [0.3, 0.4) is 0 Å². The number of nitrogens with zero attached hydrogens (tertiary/aromatic N) is 4. The van der Waals surface area contributed by atoms with Crippen molar-refractivity contribution in [1.82, 2.24) is 35.9 Å². The average molecular weight is 1000 g/mol. The number of alkyl carbamates (subject to hydrolysis) is 1. The number of aromatic nitrogens is 4. The first kappa shape index (κ1) is 54.4. The first-order chi connectivity index (χ1) is 32.6. The molecule has 0 unspecified atom stereocenters. The monoisotopic (exact) mass is 999 g/mol. The Hall–Kier alpha value is -7.21. The number of nitrogens with two attached hydrogens (primary N) is 1. The van der Waals surface area contributed by atoms with E-state index in [2.05, 4.69) is 51.8 Å². The van der Waals surface area contributed by atoms with Gasteiger partial charge in [0.25, 0.3) is 11.8 Å². The summed E-state index contributed by atoms with van der Waals surface area (Å²) in [5.41, 5.74) is 10.1. The topological polar surface area (TPSA) is 236 Å². The van der Waals surface area contributed by atoms with E-state index in [1.165, 1.54) is 12.4 Å². The molecule has 6 aromatic rings. The second kappa shape index (κ2) is 25.8. The number of halogens is 3. The molecule has 0 aliphatic heterocycles. The number of hydrogen-bond donors (Lipinski definition) is 7. The van der Waals surface area contributed by atoms with Gasteiger partial charge in [-0.15, -0.1) is 0 Å². The molecule has 0 aliphatic carbocycles. The van der Waals surface area contributed by atoms with Gasteiger partial charge >= 0.3 is 12.1 Å². The van der Waals surface area contributed by atoms with Crippen LogP contribution in [-0.2, 0) is 27.2 Å². The summed E-state index contributed by atoms with van der Waals surface area (Å²) >= 11 is 18.0. The number of nitrogens with one attached hydrogen (secondary N) is 6. The number of amides is 3. The summed E-state index contributed by atoms with van der Waals surface area (Å²) in [7, 11) is 3.13. The van der Waals surface area contributed by atoms with Crippen molar-refractivity contribution in [3.63, 3.8) is 0 Å². The Morgan fingerprint density at radius 1 is 0.623 bits per heavy atom. The van der Waals surface area contributed by atoms with Gasteiger partial charge in [0, 0.05) is 38.4 Å². The van der Waals surface area contributed by atoms with Crippen molar-refractivity contribution in [2.24, 2.45) is 0 Å². The van der Waals surface area contributed by atoms with Crippen LogP contribution in [0.5, 0.6) is 0 Å². The fraction of sp³-hybridized carbons (Fsp3) is 0.265. The van der Waals surface area contributed by atoms with Gasteiger partial charge in [0.2, 0.25) is 11.2 Å². The van der Waals surface area contributed by atoms with E-state index in [0.717, 1.165) is 16.8 Å². The van der Waals surface area contributed by atoms with Gasteiger partial charge in [-0.25, -0.2) is 14.8 Å². The molecular weight excluding hydrogens is 945 g/mol. The van der Waals surface area contributed by atoms with Crippen molar-refractivity contribution in [3.05, 3.63) is 147 Å². The fourth-order valence-electron chi connectivity index (χ4n) is 5.82. The van der Waals surface area contributed by atoms with Crippen LogP contribution < -0.4 is 37.6 Å². The van der Waals surface area contributed by atoms with Gasteiger partial charge in [-0.3, -0.25) is 14.4 Å². The lowest BCUT2D eigenvalue weighted by atomic mass is 10.1. The smallest absolute Gasteiger partial charge is 0.407 e. The lowest BCUT2D eigenvalue weighted by molar-refractivity contribution is -0.154. The van der Waals surface area contributed by atoms with Gasteiger partial charge < -0.3 is 47.1 Å². The van der Waals surface area contributed by atoms with Crippen molar-refractivity contribution in [2.45, 2.75) is 72.1 Å². The van der Waals surface area contributed by atoms with Crippen LogP contribution in [0.1, 0.15) is 79.8 Å². The van der Waals surface area contributed by atoms with Gasteiger partial charge in [0.15, 0.2) is 11.6 Å². The molecule has 0 bridgehead atoms. The third-order valence-corrected chi connectivity index (χ3v) is 9.51. The summed E-state index contributed by atoms with van der Waals surface area (Å²) < 4.78 is 10.5. The molecule has 3 amide bonds. The molecule has 0 aliphatic rings. The van der Waals surface area contributed by atoms with E-state index in [9.17, 15) is 19.2 Å². The predicted molar refractivity (Wildman–Crippen MR) is 273 cm³/mol. The Bertz CT molecular complexity index is 2710. The molecule has 0 atom stereocenters. The minimum Gasteiger partial charge on any atom is -0.460 e. The summed E-state index contributed by atoms with van der Waals surface area (Å²) in [6.07, 6.45) is 3.29. The fourth-order valence-corrected chi connectivity index (χ4v) is 6.23. The number of hydrogen-bond acceptors (Lipinski definition) is 14. The van der Waals surface area contributed by atoms with Crippen LogP contribution in [0.25, 0.3) is 0 Å². The van der Waals surface area contributed by atoms with Crippen molar-refractivity contribution < 1.29 is 28.7 Å². The van der Waals surface area contributed by atoms with E-state index in [1.54, 1.807) is 62.6 Å². The maximum absolute atomic E-state index is 12.2. The number of nitrogen functional groups attached to an aromatic ring is 1. The predicted octanol–water partition coefficient (Wildman–Crippen LogP) is 10.4. The molecule has 6 rings (SSSR count). The van der Waals surface area contributed by atoms with Crippen molar-refractivity contribution in [1.29, 1.82) is 0 Å². The number of para-hydroxylation sites is 2. The van der Waals surface area contributed by atoms with Gasteiger partial charge in [-0.1, -0.05) is 71.7 Å². The Kier molecular flexibility index (Phi) is 20.3. The zero-order valence-corrected chi connectivity index (χ0v) is 41.7. The summed E-state index contributed by atoms with van der Waals surface area (Å²) in [6, 6.07) is 29.1. The maximum atomic E-state index is 12.2. The van der Waals surface area contributed by atoms with Crippen LogP contribution in [0.2, 0.25) is 15.3 Å². The van der Waals surface area contributed by atoms with Crippen LogP contribution in [0, 0.1) is 0 Å². The minimum atomic E-state index is -0.501. The molecule has 2 heterocycles. The highest BCUT2D eigenvalue weighted by Crippen LogP contribution is 2.28. The quantitative estimate of drug-likeness (QED) is 0.0324. The molecule has 0 spiro atoms. The number of benzene rings is 4. The normalized spacial score (nSPS) is 10.7. The zero-order valence-electron chi connectivity index (χ0n) is 39.5. The van der Waals surface area contributed by atoms with E-state index >= 15 is 0 Å². The van der Waals surface area contributed by atoms with E-state index in [-0.39, 0.29) is 29.5 Å². The highest BCUT2D eigenvalue weighted by Gasteiger charge is 2.18. The lowest BCUT2D eigenvalue weighted by Gasteiger charge is -2.19. The van der Waals surface area contributed by atoms with Gasteiger partial charge in [0.1, 0.15) is 21.2 Å². The molecule has 2 aromatic heterocycles. The van der Waals surface area contributed by atoms with Crippen molar-refractivity contribution in [3.8, 4) is 0 Å². The summed E-state index contributed by atoms with van der Waals surface area (Å²) in [5.74, 6) is 0.358. The Balaban J connectivity index is 0.000000249. The van der Waals surface area contributed by atoms with Gasteiger partial charge in [0.05, 0.1) is 34.9 Å². The highest BCUT2D eigenvalue weighted by atomic mass is 35.5. The Morgan fingerprint density at radius 2 is 1.16 bits per heavy atom. The Morgan fingerprint density at radius 3 is 1.72 bits per heavy atom. The SMILES string of the molecule is CC(C)(C)OC(=O)NCc1cccc(N)c1.CNC(=O)c1ccccc1Nc1nc(Cl)ncc1Cl.CNC(=O)c1ccccc1Nc1nc(Nc2cccc(CCC(=O)OC(C)(C)C)c2)ncc1Cl. The van der Waals surface area contributed by atoms with Gasteiger partial charge in [-0.05, 0) is 119 Å². The second-order valence-electron chi connectivity index (χ2n) is 16.7. The first-order valence-corrected chi connectivity index (χ1v) is 22.5. The minimum absolute atomic E-state index is 0.0734. The van der Waals surface area contributed by atoms with E-state index < -0.39 is 17.3 Å². The number of rotatable bonds is 13. The largest absolute Gasteiger partial charge is 0.460 e. The summed E-state index contributed by atoms with van der Waals surface area (Å²) in [4.78, 5) is 63.7. The van der Waals surface area contributed by atoms with Crippen molar-refractivity contribution in [2.75, 3.05) is 35.8 Å². The standard InChI is InChI=1S/C25H28ClN5O3.C12H10Cl2N4O.C12H18N2O2/c1-25(2,3)34-21(32)13-12-16-8-7-9-17(14-16)29-24-28-15-19(26)22(31-24)30-20-11-6-5-10-18(20)23(33)27-4;1-15-11(19)7-4-2-3-5-9(7)17-10-8(13)6-16-12(14)18-10;1-12(2,3)16-11(15)14-8-9-5-4-6-10(13)7-9/h5-11,14-15H,12-13H2,1-4H3,(H,27,33)(H2,28,29,30,31);2-6H,1H3,(H,15,19)(H,16,17,18);4-7H,8,13H2,1-3H3,(H,14,15). The molecule has 4 aromatic carbocycles. The molecule has 0 saturated heterocycles. The summed E-state index contributed by atoms with van der Waals surface area (Å²) in [5, 5.41) is 17.8. The van der Waals surface area contributed by atoms with Crippen LogP contribution in [0.4, 0.5) is 45.1 Å². The third kappa shape index (κ3) is 19.1. The van der Waals surface area contributed by atoms with Crippen molar-refractivity contribution >= 4 is 99.0 Å². The van der Waals surface area contributed by atoms with E-state index in [0.29, 0.717) is 68.8 Å². The highest BCUT2D eigenvalue weighted by molar-refractivity contribution is 6.34.